The SMILES string of the molecule is CCc1cccc(/N=C(\C)NC2=NC(c3ccc(F)cc3Cl)C(C(=O)NC/C(C=N)=C/NC)=C(C)N2)c1C1CC1. The third-order valence-electron chi connectivity index (χ3n) is 6.84. The zero-order chi connectivity index (χ0) is 28.8. The minimum Gasteiger partial charge on any atom is -0.394 e. The number of guanidine groups is 1. The van der Waals surface area contributed by atoms with Gasteiger partial charge in [-0.3, -0.25) is 4.79 Å². The van der Waals surface area contributed by atoms with Crippen LogP contribution in [-0.2, 0) is 11.2 Å². The monoisotopic (exact) mass is 563 g/mol. The van der Waals surface area contributed by atoms with Crippen LogP contribution in [0.2, 0.25) is 5.02 Å². The predicted molar refractivity (Wildman–Crippen MR) is 160 cm³/mol. The van der Waals surface area contributed by atoms with Gasteiger partial charge in [-0.15, -0.1) is 0 Å². The van der Waals surface area contributed by atoms with E-state index in [9.17, 15) is 9.18 Å². The number of carbonyl (C=O) groups excluding carboxylic acids is 1. The molecule has 10 heteroatoms. The molecule has 1 aliphatic carbocycles. The smallest absolute Gasteiger partial charge is 0.251 e. The van der Waals surface area contributed by atoms with Gasteiger partial charge in [-0.1, -0.05) is 36.7 Å². The topological polar surface area (TPSA) is 114 Å². The Morgan fingerprint density at radius 2 is 2.08 bits per heavy atom. The number of hydrogen-bond donors (Lipinski definition) is 5. The van der Waals surface area contributed by atoms with Gasteiger partial charge in [0.05, 0.1) is 11.3 Å². The van der Waals surface area contributed by atoms with Gasteiger partial charge in [0, 0.05) is 47.9 Å². The number of aliphatic imine (C=N–C) groups is 2. The van der Waals surface area contributed by atoms with Crippen LogP contribution < -0.4 is 21.3 Å². The van der Waals surface area contributed by atoms with Crippen molar-refractivity contribution < 1.29 is 9.18 Å². The van der Waals surface area contributed by atoms with Gasteiger partial charge >= 0.3 is 0 Å². The van der Waals surface area contributed by atoms with Crippen molar-refractivity contribution in [1.82, 2.24) is 21.3 Å². The van der Waals surface area contributed by atoms with Crippen LogP contribution >= 0.6 is 11.6 Å². The van der Waals surface area contributed by atoms with Gasteiger partial charge < -0.3 is 26.7 Å². The summed E-state index contributed by atoms with van der Waals surface area (Å²) in [4.78, 5) is 23.0. The predicted octanol–water partition coefficient (Wildman–Crippen LogP) is 5.40. The Labute approximate surface area is 239 Å². The Morgan fingerprint density at radius 3 is 2.73 bits per heavy atom. The number of amides is 1. The lowest BCUT2D eigenvalue weighted by Gasteiger charge is -2.27. The molecular weight excluding hydrogens is 529 g/mol. The van der Waals surface area contributed by atoms with Crippen molar-refractivity contribution in [2.24, 2.45) is 9.98 Å². The van der Waals surface area contributed by atoms with Gasteiger partial charge in [0.1, 0.15) is 17.7 Å². The van der Waals surface area contributed by atoms with Crippen LogP contribution in [0.3, 0.4) is 0 Å². The molecule has 2 aliphatic rings. The molecule has 2 aromatic carbocycles. The number of halogens is 2. The summed E-state index contributed by atoms with van der Waals surface area (Å²) in [6, 6.07) is 9.49. The highest BCUT2D eigenvalue weighted by molar-refractivity contribution is 6.31. The Kier molecular flexibility index (Phi) is 9.37. The number of hydrogen-bond acceptors (Lipinski definition) is 6. The number of nitrogens with one attached hydrogen (secondary N) is 5. The van der Waals surface area contributed by atoms with E-state index < -0.39 is 11.9 Å². The summed E-state index contributed by atoms with van der Waals surface area (Å²) in [7, 11) is 1.72. The first-order chi connectivity index (χ1) is 19.2. The normalized spacial score (nSPS) is 17.6. The lowest BCUT2D eigenvalue weighted by Crippen LogP contribution is -2.44. The summed E-state index contributed by atoms with van der Waals surface area (Å²) in [5, 5.41) is 19.8. The molecule has 1 heterocycles. The summed E-state index contributed by atoms with van der Waals surface area (Å²) < 4.78 is 13.9. The molecule has 1 fully saturated rings. The van der Waals surface area contributed by atoms with Gasteiger partial charge in [0.25, 0.3) is 5.91 Å². The maximum absolute atomic E-state index is 13.9. The van der Waals surface area contributed by atoms with Crippen LogP contribution in [0.15, 0.2) is 69.4 Å². The van der Waals surface area contributed by atoms with E-state index in [2.05, 4.69) is 34.3 Å². The second kappa shape index (κ2) is 12.9. The molecule has 0 aromatic heterocycles. The third-order valence-corrected chi connectivity index (χ3v) is 7.17. The van der Waals surface area contributed by atoms with Crippen LogP contribution in [0.25, 0.3) is 0 Å². The Hall–Kier alpha value is -3.98. The molecule has 1 aliphatic heterocycles. The van der Waals surface area contributed by atoms with E-state index in [1.165, 1.54) is 42.3 Å². The van der Waals surface area contributed by atoms with Gasteiger partial charge in [0.15, 0.2) is 0 Å². The number of carbonyl (C=O) groups is 1. The lowest BCUT2D eigenvalue weighted by molar-refractivity contribution is -0.117. The van der Waals surface area contributed by atoms with E-state index in [-0.39, 0.29) is 17.5 Å². The minimum absolute atomic E-state index is 0.143. The Bertz CT molecular complexity index is 1430. The largest absolute Gasteiger partial charge is 0.394 e. The van der Waals surface area contributed by atoms with Gasteiger partial charge in [-0.2, -0.15) is 0 Å². The van der Waals surface area contributed by atoms with E-state index >= 15 is 0 Å². The summed E-state index contributed by atoms with van der Waals surface area (Å²) in [6.45, 7) is 5.95. The maximum atomic E-state index is 13.9. The summed E-state index contributed by atoms with van der Waals surface area (Å²) in [5.74, 6) is 0.737. The lowest BCUT2D eigenvalue weighted by atomic mass is 9.95. The second-order valence-corrected chi connectivity index (χ2v) is 10.3. The van der Waals surface area contributed by atoms with Crippen molar-refractivity contribution in [2.75, 3.05) is 13.6 Å². The first-order valence-corrected chi connectivity index (χ1v) is 13.7. The van der Waals surface area contributed by atoms with E-state index in [4.69, 9.17) is 27.0 Å². The fourth-order valence-corrected chi connectivity index (χ4v) is 5.09. The van der Waals surface area contributed by atoms with E-state index in [0.29, 0.717) is 40.1 Å². The van der Waals surface area contributed by atoms with E-state index in [0.717, 1.165) is 12.1 Å². The molecule has 1 unspecified atom stereocenters. The molecule has 0 spiro atoms. The minimum atomic E-state index is -0.799. The maximum Gasteiger partial charge on any atom is 0.251 e. The zero-order valence-corrected chi connectivity index (χ0v) is 23.9. The highest BCUT2D eigenvalue weighted by atomic mass is 35.5. The van der Waals surface area contributed by atoms with Crippen molar-refractivity contribution in [3.63, 3.8) is 0 Å². The van der Waals surface area contributed by atoms with Crippen LogP contribution in [0.4, 0.5) is 10.1 Å². The molecule has 0 bridgehead atoms. The second-order valence-electron chi connectivity index (χ2n) is 9.84. The molecule has 1 saturated carbocycles. The van der Waals surface area contributed by atoms with Crippen molar-refractivity contribution >= 4 is 41.2 Å². The highest BCUT2D eigenvalue weighted by Gasteiger charge is 2.31. The summed E-state index contributed by atoms with van der Waals surface area (Å²) in [6.07, 6.45) is 6.12. The molecule has 5 N–H and O–H groups in total. The molecule has 1 atom stereocenters. The molecule has 2 aromatic rings. The molecule has 8 nitrogen and oxygen atoms in total. The average molecular weight is 564 g/mol. The van der Waals surface area contributed by atoms with Crippen LogP contribution in [-0.4, -0.2) is 37.5 Å². The van der Waals surface area contributed by atoms with Crippen LogP contribution in [0, 0.1) is 11.2 Å². The van der Waals surface area contributed by atoms with Crippen molar-refractivity contribution in [3.8, 4) is 0 Å². The van der Waals surface area contributed by atoms with Gasteiger partial charge in [-0.05, 0) is 68.4 Å². The standard InChI is InChI=1S/C30H35ClFN7O/c1-5-20-7-6-8-25(27(20)21-9-10-21)37-18(3)38-30-36-17(2)26(29(40)35-16-19(14-33)15-34-4)28(39-30)23-12-11-22(32)13-24(23)31/h6-8,11-15,21,28,33-34H,5,9-10,16H2,1-4H3,(H,35,40)(H2,36,37,38,39)/b19-15+,33-14?. The number of nitrogens with zero attached hydrogens (tertiary/aromatic N) is 2. The average Bonchev–Trinajstić information content (AvgIpc) is 3.75. The fraction of sp³-hybridized carbons (Fsp3) is 0.333. The molecule has 40 heavy (non-hydrogen) atoms. The molecule has 0 radical (unpaired) electrons. The Morgan fingerprint density at radius 1 is 1.30 bits per heavy atom. The number of rotatable bonds is 9. The molecule has 210 valence electrons. The first kappa shape index (κ1) is 29.0. The fourth-order valence-electron chi connectivity index (χ4n) is 4.82. The number of allylic oxidation sites excluding steroid dienone is 1. The van der Waals surface area contributed by atoms with Gasteiger partial charge in [-0.25, -0.2) is 14.4 Å². The van der Waals surface area contributed by atoms with Crippen LogP contribution in [0.1, 0.15) is 62.3 Å². The number of amidine groups is 1. The zero-order valence-electron chi connectivity index (χ0n) is 23.2. The Balaban J connectivity index is 1.64. The molecule has 1 amide bonds. The van der Waals surface area contributed by atoms with Gasteiger partial charge in [0.2, 0.25) is 5.96 Å². The molecular formula is C30H35ClFN7O. The van der Waals surface area contributed by atoms with Crippen molar-refractivity contribution in [1.29, 1.82) is 5.41 Å². The number of aryl methyl sites for hydroxylation is 1. The highest BCUT2D eigenvalue weighted by Crippen LogP contribution is 2.46. The van der Waals surface area contributed by atoms with Crippen molar-refractivity contribution in [2.45, 2.75) is 52.0 Å². The van der Waals surface area contributed by atoms with E-state index in [1.54, 1.807) is 26.2 Å². The van der Waals surface area contributed by atoms with E-state index in [1.807, 2.05) is 19.1 Å². The third kappa shape index (κ3) is 6.77. The van der Waals surface area contributed by atoms with Crippen molar-refractivity contribution in [3.05, 3.63) is 87.0 Å². The first-order valence-electron chi connectivity index (χ1n) is 13.3. The molecule has 4 rings (SSSR count). The summed E-state index contributed by atoms with van der Waals surface area (Å²) in [5.41, 5.74) is 5.57. The van der Waals surface area contributed by atoms with Crippen LogP contribution in [0.5, 0.6) is 0 Å². The number of benzene rings is 2. The quantitative estimate of drug-likeness (QED) is 0.207. The summed E-state index contributed by atoms with van der Waals surface area (Å²) >= 11 is 6.44. The molecule has 0 saturated heterocycles.